The number of nitrogens with zero attached hydrogens (tertiary/aromatic N) is 2. The summed E-state index contributed by atoms with van der Waals surface area (Å²) in [6, 6.07) is 3.93. The van der Waals surface area contributed by atoms with Gasteiger partial charge in [-0.25, -0.2) is 9.98 Å². The molecule has 24 heavy (non-hydrogen) atoms. The number of aromatic nitrogens is 1. The lowest BCUT2D eigenvalue weighted by molar-refractivity contribution is 0.201. The number of ether oxygens (including phenoxy) is 1. The number of unbranched alkanes of at least 4 members (excludes halogenated alkanes) is 3. The lowest BCUT2D eigenvalue weighted by atomic mass is 10.2. The second-order valence-corrected chi connectivity index (χ2v) is 6.22. The monoisotopic (exact) mass is 446 g/mol. The second kappa shape index (κ2) is 12.3. The highest BCUT2D eigenvalue weighted by Crippen LogP contribution is 2.23. The van der Waals surface area contributed by atoms with Gasteiger partial charge in [0.15, 0.2) is 5.96 Å². The first-order valence-electron chi connectivity index (χ1n) is 8.93. The standard InChI is InChI=1S/C18H30N4O.HI/c1-2-3-4-7-11-21-18(19)22-14-15-10-12-20-17(13-15)23-16-8-5-6-9-16;/h10,12-13,16H,2-9,11,14H2,1H3,(H3,19,21,22);1H. The van der Waals surface area contributed by atoms with Gasteiger partial charge >= 0.3 is 0 Å². The molecule has 1 aliphatic rings. The van der Waals surface area contributed by atoms with Gasteiger partial charge in [-0.05, 0) is 43.7 Å². The molecule has 1 saturated carbocycles. The van der Waals surface area contributed by atoms with E-state index in [1.165, 1.54) is 32.1 Å². The zero-order valence-electron chi connectivity index (χ0n) is 14.7. The number of aliphatic imine (C=N–C) groups is 1. The molecule has 0 spiro atoms. The minimum absolute atomic E-state index is 0. The molecule has 0 bridgehead atoms. The first-order valence-corrected chi connectivity index (χ1v) is 8.93. The average Bonchev–Trinajstić information content (AvgIpc) is 3.06. The van der Waals surface area contributed by atoms with E-state index in [9.17, 15) is 0 Å². The molecule has 1 aromatic heterocycles. The van der Waals surface area contributed by atoms with Crippen LogP contribution < -0.4 is 15.8 Å². The number of nitrogens with two attached hydrogens (primary N) is 1. The van der Waals surface area contributed by atoms with Crippen LogP contribution in [0.3, 0.4) is 0 Å². The van der Waals surface area contributed by atoms with Gasteiger partial charge < -0.3 is 15.8 Å². The van der Waals surface area contributed by atoms with Crippen molar-refractivity contribution in [3.05, 3.63) is 23.9 Å². The topological polar surface area (TPSA) is 72.5 Å². The van der Waals surface area contributed by atoms with E-state index in [0.29, 0.717) is 24.5 Å². The predicted octanol–water partition coefficient (Wildman–Crippen LogP) is 4.01. The smallest absolute Gasteiger partial charge is 0.213 e. The number of hydrogen-bond donors (Lipinski definition) is 2. The summed E-state index contributed by atoms with van der Waals surface area (Å²) in [7, 11) is 0. The molecule has 0 aliphatic heterocycles. The summed E-state index contributed by atoms with van der Waals surface area (Å²) < 4.78 is 5.92. The Balaban J connectivity index is 0.00000288. The molecule has 0 radical (unpaired) electrons. The Labute approximate surface area is 162 Å². The van der Waals surface area contributed by atoms with E-state index in [-0.39, 0.29) is 24.0 Å². The van der Waals surface area contributed by atoms with Crippen molar-refractivity contribution in [2.24, 2.45) is 10.7 Å². The second-order valence-electron chi connectivity index (χ2n) is 6.22. The minimum Gasteiger partial charge on any atom is -0.474 e. The Morgan fingerprint density at radius 3 is 2.88 bits per heavy atom. The third kappa shape index (κ3) is 8.17. The van der Waals surface area contributed by atoms with Crippen molar-refractivity contribution in [1.29, 1.82) is 0 Å². The summed E-state index contributed by atoms with van der Waals surface area (Å²) in [6.07, 6.45) is 11.8. The molecule has 3 N–H and O–H groups in total. The largest absolute Gasteiger partial charge is 0.474 e. The summed E-state index contributed by atoms with van der Waals surface area (Å²) in [6.45, 7) is 3.65. The lowest BCUT2D eigenvalue weighted by Gasteiger charge is -2.12. The lowest BCUT2D eigenvalue weighted by Crippen LogP contribution is -2.32. The molecule has 1 fully saturated rings. The molecule has 136 valence electrons. The van der Waals surface area contributed by atoms with Crippen molar-refractivity contribution in [3.63, 3.8) is 0 Å². The quantitative estimate of drug-likeness (QED) is 0.260. The van der Waals surface area contributed by atoms with E-state index < -0.39 is 0 Å². The number of hydrogen-bond acceptors (Lipinski definition) is 3. The van der Waals surface area contributed by atoms with Crippen molar-refractivity contribution in [2.45, 2.75) is 70.9 Å². The maximum atomic E-state index is 5.92. The number of halogens is 1. The highest BCUT2D eigenvalue weighted by Gasteiger charge is 2.16. The van der Waals surface area contributed by atoms with Crippen molar-refractivity contribution < 1.29 is 4.74 Å². The number of rotatable bonds is 9. The molecule has 0 saturated heterocycles. The Bertz CT molecular complexity index is 490. The molecule has 0 unspecified atom stereocenters. The normalized spacial score (nSPS) is 15.1. The number of guanidine groups is 1. The summed E-state index contributed by atoms with van der Waals surface area (Å²) >= 11 is 0. The first kappa shape index (κ1) is 21.0. The van der Waals surface area contributed by atoms with Gasteiger partial charge in [-0.15, -0.1) is 24.0 Å². The van der Waals surface area contributed by atoms with Gasteiger partial charge in [-0.3, -0.25) is 0 Å². The zero-order chi connectivity index (χ0) is 16.3. The SMILES string of the molecule is CCCCCCNC(N)=NCc1ccnc(OC2CCCC2)c1.I. The molecule has 2 rings (SSSR count). The van der Waals surface area contributed by atoms with Gasteiger partial charge in [-0.1, -0.05) is 26.2 Å². The van der Waals surface area contributed by atoms with Crippen molar-refractivity contribution in [3.8, 4) is 5.88 Å². The molecule has 1 aliphatic carbocycles. The molecule has 0 aromatic carbocycles. The highest BCUT2D eigenvalue weighted by atomic mass is 127. The molecule has 5 nitrogen and oxygen atoms in total. The zero-order valence-corrected chi connectivity index (χ0v) is 17.0. The summed E-state index contributed by atoms with van der Waals surface area (Å²) in [5.74, 6) is 1.22. The molecular weight excluding hydrogens is 415 g/mol. The molecular formula is C18H31IN4O. The third-order valence-corrected chi connectivity index (χ3v) is 4.16. The Hall–Kier alpha value is -1.05. The van der Waals surface area contributed by atoms with Gasteiger partial charge in [0.2, 0.25) is 5.88 Å². The molecule has 0 atom stereocenters. The van der Waals surface area contributed by atoms with E-state index in [4.69, 9.17) is 10.5 Å². The van der Waals surface area contributed by atoms with Gasteiger partial charge in [0, 0.05) is 18.8 Å². The Morgan fingerprint density at radius 2 is 2.12 bits per heavy atom. The van der Waals surface area contributed by atoms with Crippen molar-refractivity contribution >= 4 is 29.9 Å². The average molecular weight is 446 g/mol. The van der Waals surface area contributed by atoms with Crippen molar-refractivity contribution in [2.75, 3.05) is 6.54 Å². The van der Waals surface area contributed by atoms with Crippen molar-refractivity contribution in [1.82, 2.24) is 10.3 Å². The number of pyridine rings is 1. The fourth-order valence-corrected chi connectivity index (χ4v) is 2.79. The fraction of sp³-hybridized carbons (Fsp3) is 0.667. The maximum absolute atomic E-state index is 5.92. The molecule has 6 heteroatoms. The van der Waals surface area contributed by atoms with Gasteiger partial charge in [-0.2, -0.15) is 0 Å². The van der Waals surface area contributed by atoms with Crippen LogP contribution in [0.15, 0.2) is 23.3 Å². The maximum Gasteiger partial charge on any atom is 0.213 e. The molecule has 0 amide bonds. The van der Waals surface area contributed by atoms with Crippen LogP contribution in [-0.2, 0) is 6.54 Å². The van der Waals surface area contributed by atoms with Gasteiger partial charge in [0.1, 0.15) is 6.10 Å². The van der Waals surface area contributed by atoms with Crippen LogP contribution in [0.4, 0.5) is 0 Å². The third-order valence-electron chi connectivity index (χ3n) is 4.16. The Kier molecular flexibility index (Phi) is 10.8. The molecule has 1 aromatic rings. The van der Waals surface area contributed by atoms with E-state index in [2.05, 4.69) is 22.2 Å². The predicted molar refractivity (Wildman–Crippen MR) is 110 cm³/mol. The minimum atomic E-state index is 0. The van der Waals surface area contributed by atoms with Crippen LogP contribution in [0.25, 0.3) is 0 Å². The van der Waals surface area contributed by atoms with Crippen LogP contribution in [0.2, 0.25) is 0 Å². The summed E-state index contributed by atoms with van der Waals surface area (Å²) in [5.41, 5.74) is 6.97. The highest BCUT2D eigenvalue weighted by molar-refractivity contribution is 14.0. The van der Waals surface area contributed by atoms with E-state index >= 15 is 0 Å². The van der Waals surface area contributed by atoms with Crippen LogP contribution in [0, 0.1) is 0 Å². The van der Waals surface area contributed by atoms with E-state index in [1.54, 1.807) is 6.20 Å². The fourth-order valence-electron chi connectivity index (χ4n) is 2.79. The summed E-state index contributed by atoms with van der Waals surface area (Å²) in [5, 5.41) is 3.17. The Morgan fingerprint density at radius 1 is 1.33 bits per heavy atom. The first-order chi connectivity index (χ1) is 11.3. The van der Waals surface area contributed by atoms with E-state index in [1.807, 2.05) is 12.1 Å². The number of nitrogens with one attached hydrogen (secondary N) is 1. The van der Waals surface area contributed by atoms with E-state index in [0.717, 1.165) is 31.4 Å². The van der Waals surface area contributed by atoms with Crippen LogP contribution in [-0.4, -0.2) is 23.6 Å². The van der Waals surface area contributed by atoms with Gasteiger partial charge in [0.05, 0.1) is 6.54 Å². The molecule has 1 heterocycles. The van der Waals surface area contributed by atoms with Crippen LogP contribution >= 0.6 is 24.0 Å². The van der Waals surface area contributed by atoms with Gasteiger partial charge in [0.25, 0.3) is 0 Å². The summed E-state index contributed by atoms with van der Waals surface area (Å²) in [4.78, 5) is 8.68. The van der Waals surface area contributed by atoms with Crippen LogP contribution in [0.1, 0.15) is 63.9 Å². The van der Waals surface area contributed by atoms with Crippen LogP contribution in [0.5, 0.6) is 5.88 Å².